The number of rotatable bonds is 8. The summed E-state index contributed by atoms with van der Waals surface area (Å²) < 4.78 is 35.2. The van der Waals surface area contributed by atoms with Crippen LogP contribution in [0, 0.1) is 0 Å². The summed E-state index contributed by atoms with van der Waals surface area (Å²) in [5, 5.41) is 0. The van der Waals surface area contributed by atoms with Crippen molar-refractivity contribution in [1.82, 2.24) is 0 Å². The average molecular weight is 489 g/mol. The second-order valence-electron chi connectivity index (χ2n) is 7.67. The van der Waals surface area contributed by atoms with Crippen molar-refractivity contribution in [2.45, 2.75) is 37.0 Å². The Bertz CT molecular complexity index is 969. The summed E-state index contributed by atoms with van der Waals surface area (Å²) in [5.41, 5.74) is 1.11. The number of esters is 2. The number of alkyl halides is 1. The number of ether oxygens (including phenoxy) is 6. The molecule has 2 saturated heterocycles. The van der Waals surface area contributed by atoms with Crippen molar-refractivity contribution in [2.75, 3.05) is 19.1 Å². The van der Waals surface area contributed by atoms with E-state index in [1.165, 1.54) is 6.08 Å². The van der Waals surface area contributed by atoms with Gasteiger partial charge in [-0.15, -0.1) is 18.2 Å². The SMILES string of the molecule is C=CCO[C@H]1O[C@@H]2COC(c3ccccc3)O[C@H]2[C@H](OC(=O)CCl)[C@H]1OC(=O)c1ccccc1. The van der Waals surface area contributed by atoms with E-state index in [1.807, 2.05) is 30.3 Å². The Morgan fingerprint density at radius 3 is 2.38 bits per heavy atom. The van der Waals surface area contributed by atoms with Crippen molar-refractivity contribution in [2.24, 2.45) is 0 Å². The van der Waals surface area contributed by atoms with Gasteiger partial charge in [-0.1, -0.05) is 54.6 Å². The summed E-state index contributed by atoms with van der Waals surface area (Å²) in [6.45, 7) is 3.91. The third-order valence-electron chi connectivity index (χ3n) is 5.36. The molecule has 0 aliphatic carbocycles. The molecule has 8 nitrogen and oxygen atoms in total. The highest BCUT2D eigenvalue weighted by molar-refractivity contribution is 6.26. The molecule has 2 aromatic carbocycles. The maximum Gasteiger partial charge on any atom is 0.338 e. The zero-order chi connectivity index (χ0) is 23.9. The van der Waals surface area contributed by atoms with Crippen LogP contribution < -0.4 is 0 Å². The number of carbonyl (C=O) groups excluding carboxylic acids is 2. The van der Waals surface area contributed by atoms with Crippen molar-refractivity contribution < 1.29 is 38.0 Å². The molecule has 0 radical (unpaired) electrons. The summed E-state index contributed by atoms with van der Waals surface area (Å²) in [6, 6.07) is 17.8. The second-order valence-corrected chi connectivity index (χ2v) is 7.93. The molecule has 0 bridgehead atoms. The fraction of sp³-hybridized carbons (Fsp3) is 0.360. The molecule has 0 amide bonds. The van der Waals surface area contributed by atoms with Crippen LogP contribution in [0.15, 0.2) is 73.3 Å². The second kappa shape index (κ2) is 11.6. The van der Waals surface area contributed by atoms with Gasteiger partial charge in [-0.3, -0.25) is 4.79 Å². The largest absolute Gasteiger partial charge is 0.454 e. The van der Waals surface area contributed by atoms with Crippen LogP contribution >= 0.6 is 11.6 Å². The lowest BCUT2D eigenvalue weighted by molar-refractivity contribution is -0.359. The van der Waals surface area contributed by atoms with E-state index in [0.717, 1.165) is 5.56 Å². The van der Waals surface area contributed by atoms with Crippen LogP contribution in [0.1, 0.15) is 22.2 Å². The molecule has 6 atom stereocenters. The molecule has 9 heteroatoms. The van der Waals surface area contributed by atoms with Gasteiger partial charge in [-0.25, -0.2) is 4.79 Å². The zero-order valence-corrected chi connectivity index (χ0v) is 19.0. The van der Waals surface area contributed by atoms with Gasteiger partial charge >= 0.3 is 11.9 Å². The van der Waals surface area contributed by atoms with Crippen LogP contribution in [0.25, 0.3) is 0 Å². The van der Waals surface area contributed by atoms with Crippen molar-refractivity contribution >= 4 is 23.5 Å². The molecule has 2 aliphatic rings. The van der Waals surface area contributed by atoms with Gasteiger partial charge in [0.1, 0.15) is 18.1 Å². The van der Waals surface area contributed by atoms with Crippen LogP contribution in [0.4, 0.5) is 0 Å². The Kier molecular flexibility index (Phi) is 8.31. The number of fused-ring (bicyclic) bond motifs is 1. The van der Waals surface area contributed by atoms with Crippen molar-refractivity contribution in [3.8, 4) is 0 Å². The first-order valence-corrected chi connectivity index (χ1v) is 11.4. The average Bonchev–Trinajstić information content (AvgIpc) is 2.89. The lowest BCUT2D eigenvalue weighted by Gasteiger charge is -2.48. The lowest BCUT2D eigenvalue weighted by atomic mass is 9.97. The first kappa shape index (κ1) is 24.4. The molecule has 1 unspecified atom stereocenters. The Hall–Kier alpha value is -2.75. The fourth-order valence-electron chi connectivity index (χ4n) is 3.83. The standard InChI is InChI=1S/C25H25ClO8/c1-2-13-29-25-22(33-23(28)16-9-5-3-6-10-16)21(32-19(27)14-26)20-18(31-25)15-30-24(34-20)17-11-7-4-8-12-17/h2-12,18,20-22,24-25H,1,13-15H2/t18-,20-,21+,22-,24?,25+/m1/s1. The Morgan fingerprint density at radius 1 is 1.00 bits per heavy atom. The third-order valence-corrected chi connectivity index (χ3v) is 5.58. The first-order valence-electron chi connectivity index (χ1n) is 10.8. The van der Waals surface area contributed by atoms with Gasteiger partial charge in [0.2, 0.25) is 0 Å². The Labute approximate surface area is 202 Å². The molecule has 0 spiro atoms. The smallest absolute Gasteiger partial charge is 0.338 e. The minimum Gasteiger partial charge on any atom is -0.454 e. The number of hydrogen-bond donors (Lipinski definition) is 0. The third kappa shape index (κ3) is 5.65. The van der Waals surface area contributed by atoms with Gasteiger partial charge in [0.15, 0.2) is 24.8 Å². The molecule has 2 fully saturated rings. The molecule has 0 aromatic heterocycles. The van der Waals surface area contributed by atoms with E-state index in [1.54, 1.807) is 30.3 Å². The molecule has 2 heterocycles. The summed E-state index contributed by atoms with van der Waals surface area (Å²) >= 11 is 5.72. The highest BCUT2D eigenvalue weighted by atomic mass is 35.5. The normalized spacial score (nSPS) is 28.4. The van der Waals surface area contributed by atoms with Gasteiger partial charge < -0.3 is 28.4 Å². The maximum absolute atomic E-state index is 12.9. The van der Waals surface area contributed by atoms with E-state index in [4.69, 9.17) is 40.0 Å². The first-order chi connectivity index (χ1) is 16.6. The zero-order valence-electron chi connectivity index (χ0n) is 18.3. The summed E-state index contributed by atoms with van der Waals surface area (Å²) in [4.78, 5) is 25.1. The highest BCUT2D eigenvalue weighted by Gasteiger charge is 2.54. The minimum absolute atomic E-state index is 0.117. The maximum atomic E-state index is 12.9. The van der Waals surface area contributed by atoms with Crippen LogP contribution in [0.5, 0.6) is 0 Å². The quantitative estimate of drug-likeness (QED) is 0.317. The predicted molar refractivity (Wildman–Crippen MR) is 121 cm³/mol. The molecular weight excluding hydrogens is 464 g/mol. The van der Waals surface area contributed by atoms with E-state index in [0.29, 0.717) is 5.56 Å². The van der Waals surface area contributed by atoms with E-state index in [9.17, 15) is 9.59 Å². The van der Waals surface area contributed by atoms with Crippen molar-refractivity contribution in [3.05, 3.63) is 84.4 Å². The number of benzene rings is 2. The Morgan fingerprint density at radius 2 is 1.71 bits per heavy atom. The predicted octanol–water partition coefficient (Wildman–Crippen LogP) is 3.40. The molecule has 4 rings (SSSR count). The minimum atomic E-state index is -1.13. The lowest BCUT2D eigenvalue weighted by Crippen LogP contribution is -2.64. The fourth-order valence-corrected chi connectivity index (χ4v) is 3.89. The van der Waals surface area contributed by atoms with Gasteiger partial charge in [-0.05, 0) is 12.1 Å². The Balaban J connectivity index is 1.63. The molecule has 180 valence electrons. The molecule has 2 aliphatic heterocycles. The van der Waals surface area contributed by atoms with E-state index >= 15 is 0 Å². The molecule has 34 heavy (non-hydrogen) atoms. The number of carbonyl (C=O) groups is 2. The van der Waals surface area contributed by atoms with Gasteiger partial charge in [0.05, 0.1) is 18.8 Å². The van der Waals surface area contributed by atoms with E-state index in [-0.39, 0.29) is 19.1 Å². The van der Waals surface area contributed by atoms with Crippen LogP contribution in [-0.2, 0) is 33.2 Å². The highest BCUT2D eigenvalue weighted by Crippen LogP contribution is 2.37. The summed E-state index contributed by atoms with van der Waals surface area (Å²) in [6.07, 6.45) is -3.87. The number of hydrogen-bond acceptors (Lipinski definition) is 8. The van der Waals surface area contributed by atoms with Crippen molar-refractivity contribution in [1.29, 1.82) is 0 Å². The van der Waals surface area contributed by atoms with E-state index < -0.39 is 48.9 Å². The topological polar surface area (TPSA) is 89.5 Å². The van der Waals surface area contributed by atoms with Gasteiger partial charge in [0.25, 0.3) is 0 Å². The van der Waals surface area contributed by atoms with Gasteiger partial charge in [-0.2, -0.15) is 0 Å². The van der Waals surface area contributed by atoms with E-state index in [2.05, 4.69) is 6.58 Å². The number of halogens is 1. The van der Waals surface area contributed by atoms with Crippen LogP contribution in [0.2, 0.25) is 0 Å². The molecule has 2 aromatic rings. The monoisotopic (exact) mass is 488 g/mol. The molecule has 0 N–H and O–H groups in total. The van der Waals surface area contributed by atoms with Crippen molar-refractivity contribution in [3.63, 3.8) is 0 Å². The molecular formula is C25H25ClO8. The van der Waals surface area contributed by atoms with Gasteiger partial charge in [0, 0.05) is 5.56 Å². The molecule has 0 saturated carbocycles. The van der Waals surface area contributed by atoms with Crippen LogP contribution in [0.3, 0.4) is 0 Å². The summed E-state index contributed by atoms with van der Waals surface area (Å²) in [7, 11) is 0. The summed E-state index contributed by atoms with van der Waals surface area (Å²) in [5.74, 6) is -1.70. The van der Waals surface area contributed by atoms with Crippen LogP contribution in [-0.4, -0.2) is 61.7 Å².